The van der Waals surface area contributed by atoms with Crippen molar-refractivity contribution in [2.75, 3.05) is 6.54 Å². The number of carbonyl (C=O) groups excluding carboxylic acids is 2. The number of imide groups is 1. The molecule has 0 bridgehead atoms. The summed E-state index contributed by atoms with van der Waals surface area (Å²) in [6.45, 7) is 6.86. The molecule has 0 aromatic carbocycles. The first-order valence-electron chi connectivity index (χ1n) is 5.31. The van der Waals surface area contributed by atoms with Gasteiger partial charge in [0.15, 0.2) is 0 Å². The van der Waals surface area contributed by atoms with Crippen LogP contribution in [0.25, 0.3) is 0 Å². The molecule has 1 N–H and O–H groups in total. The zero-order chi connectivity index (χ0) is 13.2. The molecule has 0 aromatic heterocycles. The van der Waals surface area contributed by atoms with Crippen molar-refractivity contribution in [1.29, 1.82) is 0 Å². The minimum absolute atomic E-state index is 0.0884. The lowest BCUT2D eigenvalue weighted by molar-refractivity contribution is -0.137. The van der Waals surface area contributed by atoms with Crippen LogP contribution in [0.15, 0.2) is 23.3 Å². The average molecular weight is 237 g/mol. The van der Waals surface area contributed by atoms with Crippen LogP contribution in [-0.4, -0.2) is 34.3 Å². The van der Waals surface area contributed by atoms with Gasteiger partial charge in [-0.2, -0.15) is 0 Å². The summed E-state index contributed by atoms with van der Waals surface area (Å²) in [6.07, 6.45) is 0.688. The third-order valence-corrected chi connectivity index (χ3v) is 2.86. The Morgan fingerprint density at radius 1 is 1.24 bits per heavy atom. The van der Waals surface area contributed by atoms with Gasteiger partial charge in [-0.15, -0.1) is 0 Å². The summed E-state index contributed by atoms with van der Waals surface area (Å²) in [5.74, 6) is -1.61. The Labute approximate surface area is 99.4 Å². The minimum atomic E-state index is -1.05. The van der Waals surface area contributed by atoms with Gasteiger partial charge in [0.2, 0.25) is 0 Å². The quantitative estimate of drug-likeness (QED) is 0.574. The largest absolute Gasteiger partial charge is 0.478 e. The van der Waals surface area contributed by atoms with Gasteiger partial charge in [-0.05, 0) is 26.7 Å². The van der Waals surface area contributed by atoms with E-state index in [1.807, 2.05) is 0 Å². The molecule has 0 fully saturated rings. The minimum Gasteiger partial charge on any atom is -0.478 e. The summed E-state index contributed by atoms with van der Waals surface area (Å²) in [7, 11) is 0. The fourth-order valence-electron chi connectivity index (χ4n) is 1.58. The molecule has 17 heavy (non-hydrogen) atoms. The third-order valence-electron chi connectivity index (χ3n) is 2.86. The number of carboxylic acid groups (broad SMARTS) is 1. The van der Waals surface area contributed by atoms with Crippen LogP contribution in [0.3, 0.4) is 0 Å². The lowest BCUT2D eigenvalue weighted by atomic mass is 10.1. The summed E-state index contributed by atoms with van der Waals surface area (Å²) >= 11 is 0. The number of aliphatic carboxylic acids is 1. The highest BCUT2D eigenvalue weighted by atomic mass is 16.4. The number of nitrogens with zero attached hydrogens (tertiary/aromatic N) is 1. The summed E-state index contributed by atoms with van der Waals surface area (Å²) in [5.41, 5.74) is 1.02. The fourth-order valence-corrected chi connectivity index (χ4v) is 1.58. The van der Waals surface area contributed by atoms with Crippen molar-refractivity contribution < 1.29 is 19.5 Å². The molecule has 0 aromatic rings. The van der Waals surface area contributed by atoms with Crippen LogP contribution in [0, 0.1) is 0 Å². The molecule has 5 heteroatoms. The highest BCUT2D eigenvalue weighted by Gasteiger charge is 2.32. The molecule has 0 radical (unpaired) electrons. The van der Waals surface area contributed by atoms with E-state index in [1.165, 1.54) is 0 Å². The Balaban J connectivity index is 2.51. The summed E-state index contributed by atoms with van der Waals surface area (Å²) in [4.78, 5) is 34.9. The number of carbonyl (C=O) groups is 3. The summed E-state index contributed by atoms with van der Waals surface area (Å²) in [5, 5.41) is 8.61. The van der Waals surface area contributed by atoms with Gasteiger partial charge < -0.3 is 5.11 Å². The third kappa shape index (κ3) is 2.61. The molecule has 0 saturated carbocycles. The van der Waals surface area contributed by atoms with E-state index < -0.39 is 5.97 Å². The predicted octanol–water partition coefficient (Wildman–Crippen LogP) is 1.11. The molecule has 1 aliphatic rings. The van der Waals surface area contributed by atoms with Crippen molar-refractivity contribution in [3.8, 4) is 0 Å². The van der Waals surface area contributed by atoms with E-state index in [9.17, 15) is 14.4 Å². The highest BCUT2D eigenvalue weighted by Crippen LogP contribution is 2.20. The van der Waals surface area contributed by atoms with Gasteiger partial charge in [-0.25, -0.2) is 4.79 Å². The molecule has 92 valence electrons. The fraction of sp³-hybridized carbons (Fsp3) is 0.417. The van der Waals surface area contributed by atoms with Gasteiger partial charge in [-0.3, -0.25) is 14.5 Å². The van der Waals surface area contributed by atoms with Crippen molar-refractivity contribution in [3.63, 3.8) is 0 Å². The Hall–Kier alpha value is -1.91. The molecular formula is C12H15NO4. The predicted molar refractivity (Wildman–Crippen MR) is 61.1 cm³/mol. The maximum atomic E-state index is 11.6. The molecule has 0 saturated heterocycles. The summed E-state index contributed by atoms with van der Waals surface area (Å²) < 4.78 is 0. The van der Waals surface area contributed by atoms with Gasteiger partial charge in [-0.1, -0.05) is 6.58 Å². The second kappa shape index (κ2) is 4.95. The van der Waals surface area contributed by atoms with Crippen LogP contribution >= 0.6 is 0 Å². The number of rotatable bonds is 5. The molecule has 0 aliphatic carbocycles. The molecular weight excluding hydrogens is 222 g/mol. The van der Waals surface area contributed by atoms with Gasteiger partial charge >= 0.3 is 5.97 Å². The van der Waals surface area contributed by atoms with Crippen LogP contribution in [-0.2, 0) is 14.4 Å². The highest BCUT2D eigenvalue weighted by molar-refractivity contribution is 6.18. The second-order valence-corrected chi connectivity index (χ2v) is 4.02. The normalized spacial score (nSPS) is 15.8. The Kier molecular flexibility index (Phi) is 3.83. The molecule has 0 atom stereocenters. The van der Waals surface area contributed by atoms with Gasteiger partial charge in [0, 0.05) is 23.3 Å². The standard InChI is InChI=1S/C12H15NO4/c1-7(12(16)17)5-4-6-13-10(14)8(2)9(3)11(13)15/h1,4-6H2,2-3H3,(H,16,17). The van der Waals surface area contributed by atoms with E-state index in [4.69, 9.17) is 5.11 Å². The maximum absolute atomic E-state index is 11.6. The van der Waals surface area contributed by atoms with Crippen LogP contribution in [0.4, 0.5) is 0 Å². The molecule has 1 aliphatic heterocycles. The maximum Gasteiger partial charge on any atom is 0.330 e. The lowest BCUT2D eigenvalue weighted by Crippen LogP contribution is -2.32. The SMILES string of the molecule is C=C(CCCN1C(=O)C(C)=C(C)C1=O)C(=O)O. The Bertz CT molecular complexity index is 410. The van der Waals surface area contributed by atoms with Crippen LogP contribution < -0.4 is 0 Å². The van der Waals surface area contributed by atoms with Crippen molar-refractivity contribution in [2.45, 2.75) is 26.7 Å². The van der Waals surface area contributed by atoms with E-state index in [0.29, 0.717) is 17.6 Å². The lowest BCUT2D eigenvalue weighted by Gasteiger charge is -2.14. The molecule has 1 heterocycles. The van der Waals surface area contributed by atoms with Crippen LogP contribution in [0.2, 0.25) is 0 Å². The van der Waals surface area contributed by atoms with Crippen molar-refractivity contribution in [2.24, 2.45) is 0 Å². The van der Waals surface area contributed by atoms with Gasteiger partial charge in [0.1, 0.15) is 0 Å². The van der Waals surface area contributed by atoms with Crippen LogP contribution in [0.5, 0.6) is 0 Å². The summed E-state index contributed by atoms with van der Waals surface area (Å²) in [6, 6.07) is 0. The molecule has 1 rings (SSSR count). The van der Waals surface area contributed by atoms with E-state index in [1.54, 1.807) is 13.8 Å². The number of amides is 2. The van der Waals surface area contributed by atoms with Crippen molar-refractivity contribution >= 4 is 17.8 Å². The molecule has 5 nitrogen and oxygen atoms in total. The topological polar surface area (TPSA) is 74.7 Å². The zero-order valence-corrected chi connectivity index (χ0v) is 9.95. The number of hydrogen-bond donors (Lipinski definition) is 1. The first-order chi connectivity index (χ1) is 7.86. The van der Waals surface area contributed by atoms with Crippen molar-refractivity contribution in [3.05, 3.63) is 23.3 Å². The number of hydrogen-bond acceptors (Lipinski definition) is 3. The zero-order valence-electron chi connectivity index (χ0n) is 9.95. The Morgan fingerprint density at radius 3 is 2.12 bits per heavy atom. The Morgan fingerprint density at radius 2 is 1.71 bits per heavy atom. The van der Waals surface area contributed by atoms with Crippen LogP contribution in [0.1, 0.15) is 26.7 Å². The average Bonchev–Trinajstić information content (AvgIpc) is 2.46. The van der Waals surface area contributed by atoms with Gasteiger partial charge in [0.05, 0.1) is 0 Å². The first-order valence-corrected chi connectivity index (χ1v) is 5.31. The van der Waals surface area contributed by atoms with Gasteiger partial charge in [0.25, 0.3) is 11.8 Å². The second-order valence-electron chi connectivity index (χ2n) is 4.02. The van der Waals surface area contributed by atoms with E-state index in [2.05, 4.69) is 6.58 Å². The van der Waals surface area contributed by atoms with E-state index >= 15 is 0 Å². The monoisotopic (exact) mass is 237 g/mol. The molecule has 0 unspecified atom stereocenters. The van der Waals surface area contributed by atoms with E-state index in [0.717, 1.165) is 4.90 Å². The number of carboxylic acids is 1. The van der Waals surface area contributed by atoms with Crippen molar-refractivity contribution in [1.82, 2.24) is 4.90 Å². The van der Waals surface area contributed by atoms with E-state index in [-0.39, 0.29) is 30.4 Å². The first kappa shape index (κ1) is 13.2. The molecule has 2 amide bonds. The smallest absolute Gasteiger partial charge is 0.330 e. The molecule has 0 spiro atoms.